The predicted octanol–water partition coefficient (Wildman–Crippen LogP) is 12.9. The van der Waals surface area contributed by atoms with Crippen molar-refractivity contribution in [3.8, 4) is 44.8 Å². The van der Waals surface area contributed by atoms with Crippen molar-refractivity contribution in [1.82, 2.24) is 9.13 Å². The van der Waals surface area contributed by atoms with Gasteiger partial charge in [-0.25, -0.2) is 0 Å². The predicted molar refractivity (Wildman–Crippen MR) is 211 cm³/mol. The Morgan fingerprint density at radius 3 is 1.10 bits per heavy atom. The molecule has 0 aliphatic rings. The van der Waals surface area contributed by atoms with E-state index in [0.717, 1.165) is 0 Å². The van der Waals surface area contributed by atoms with Crippen molar-refractivity contribution in [3.63, 3.8) is 0 Å². The summed E-state index contributed by atoms with van der Waals surface area (Å²) in [5.74, 6) is 0. The highest BCUT2D eigenvalue weighted by atomic mass is 15.0. The topological polar surface area (TPSA) is 9.86 Å². The Labute approximate surface area is 290 Å². The molecule has 0 spiro atoms. The van der Waals surface area contributed by atoms with E-state index in [0.29, 0.717) is 0 Å². The third-order valence-corrected chi connectivity index (χ3v) is 10.1. The summed E-state index contributed by atoms with van der Waals surface area (Å²) in [5, 5.41) is 5.03. The molecule has 2 nitrogen and oxygen atoms in total. The fourth-order valence-electron chi connectivity index (χ4n) is 7.75. The van der Waals surface area contributed by atoms with Gasteiger partial charge >= 0.3 is 0 Å². The fraction of sp³-hybridized carbons (Fsp3) is 0. The van der Waals surface area contributed by atoms with Crippen molar-refractivity contribution in [2.75, 3.05) is 0 Å². The van der Waals surface area contributed by atoms with Gasteiger partial charge in [-0.3, -0.25) is 0 Å². The zero-order chi connectivity index (χ0) is 33.0. The van der Waals surface area contributed by atoms with Crippen LogP contribution in [0.25, 0.3) is 88.4 Å². The Kier molecular flexibility index (Phi) is 6.53. The van der Waals surface area contributed by atoms with Gasteiger partial charge < -0.3 is 9.13 Å². The lowest BCUT2D eigenvalue weighted by molar-refractivity contribution is 1.18. The minimum Gasteiger partial charge on any atom is -0.309 e. The summed E-state index contributed by atoms with van der Waals surface area (Å²) in [7, 11) is 0. The fourth-order valence-corrected chi connectivity index (χ4v) is 7.75. The highest BCUT2D eigenvalue weighted by Crippen LogP contribution is 2.39. The maximum Gasteiger partial charge on any atom is 0.0541 e. The summed E-state index contributed by atoms with van der Waals surface area (Å²) in [4.78, 5) is 0. The molecule has 10 aromatic rings. The van der Waals surface area contributed by atoms with Gasteiger partial charge in [0.05, 0.1) is 22.1 Å². The molecule has 234 valence electrons. The van der Waals surface area contributed by atoms with Gasteiger partial charge in [0.1, 0.15) is 0 Å². The summed E-state index contributed by atoms with van der Waals surface area (Å²) in [5.41, 5.74) is 14.5. The number of aromatic nitrogens is 2. The van der Waals surface area contributed by atoms with E-state index in [2.05, 4.69) is 203 Å². The Hall–Kier alpha value is -6.64. The Balaban J connectivity index is 1.12. The highest BCUT2D eigenvalue weighted by Gasteiger charge is 2.16. The summed E-state index contributed by atoms with van der Waals surface area (Å²) in [6.07, 6.45) is 0. The van der Waals surface area contributed by atoms with Crippen molar-refractivity contribution in [1.29, 1.82) is 0 Å². The van der Waals surface area contributed by atoms with Crippen LogP contribution in [0.1, 0.15) is 0 Å². The molecule has 50 heavy (non-hydrogen) atoms. The van der Waals surface area contributed by atoms with E-state index < -0.39 is 0 Å². The van der Waals surface area contributed by atoms with E-state index in [1.165, 1.54) is 88.4 Å². The largest absolute Gasteiger partial charge is 0.309 e. The lowest BCUT2D eigenvalue weighted by Crippen LogP contribution is -1.93. The first kappa shape index (κ1) is 28.4. The van der Waals surface area contributed by atoms with Crippen molar-refractivity contribution in [2.24, 2.45) is 0 Å². The van der Waals surface area contributed by atoms with E-state index in [1.54, 1.807) is 0 Å². The van der Waals surface area contributed by atoms with Crippen LogP contribution in [0.4, 0.5) is 0 Å². The van der Waals surface area contributed by atoms with Gasteiger partial charge in [-0.15, -0.1) is 0 Å². The van der Waals surface area contributed by atoms with Crippen molar-refractivity contribution in [3.05, 3.63) is 194 Å². The van der Waals surface area contributed by atoms with Crippen LogP contribution in [0.2, 0.25) is 0 Å². The molecule has 0 atom stereocenters. The van der Waals surface area contributed by atoms with Gasteiger partial charge in [0.25, 0.3) is 0 Å². The molecule has 2 heterocycles. The van der Waals surface area contributed by atoms with Crippen LogP contribution in [-0.2, 0) is 0 Å². The molecule has 0 unspecified atom stereocenters. The van der Waals surface area contributed by atoms with Gasteiger partial charge in [-0.05, 0) is 106 Å². The Morgan fingerprint density at radius 2 is 0.580 bits per heavy atom. The molecule has 10 rings (SSSR count). The number of rotatable bonds is 5. The van der Waals surface area contributed by atoms with Crippen LogP contribution in [0.5, 0.6) is 0 Å². The molecule has 0 radical (unpaired) electrons. The number of hydrogen-bond acceptors (Lipinski definition) is 0. The van der Waals surface area contributed by atoms with E-state index in [4.69, 9.17) is 0 Å². The number of fused-ring (bicyclic) bond motifs is 6. The van der Waals surface area contributed by atoms with Gasteiger partial charge in [-0.2, -0.15) is 0 Å². The molecule has 8 aromatic carbocycles. The number of benzene rings is 8. The van der Waals surface area contributed by atoms with Crippen LogP contribution in [-0.4, -0.2) is 9.13 Å². The average molecular weight is 637 g/mol. The molecule has 0 saturated carbocycles. The lowest BCUT2D eigenvalue weighted by Gasteiger charge is -2.10. The minimum atomic E-state index is 1.17. The molecule has 2 aromatic heterocycles. The lowest BCUT2D eigenvalue weighted by atomic mass is 9.96. The van der Waals surface area contributed by atoms with Gasteiger partial charge in [0.15, 0.2) is 0 Å². The molecular formula is C48H32N2. The van der Waals surface area contributed by atoms with E-state index in [-0.39, 0.29) is 0 Å². The first-order chi connectivity index (χ1) is 24.8. The number of nitrogens with zero attached hydrogens (tertiary/aromatic N) is 2. The average Bonchev–Trinajstić information content (AvgIpc) is 3.71. The molecule has 0 saturated heterocycles. The van der Waals surface area contributed by atoms with E-state index in [9.17, 15) is 0 Å². The second-order valence-corrected chi connectivity index (χ2v) is 13.0. The number of para-hydroxylation sites is 3. The second-order valence-electron chi connectivity index (χ2n) is 13.0. The molecule has 0 N–H and O–H groups in total. The summed E-state index contributed by atoms with van der Waals surface area (Å²) < 4.78 is 4.76. The van der Waals surface area contributed by atoms with Crippen LogP contribution in [0, 0.1) is 0 Å². The zero-order valence-electron chi connectivity index (χ0n) is 27.4. The standard InChI is InChI=1S/C48H32N2/c1-4-13-33(14-5-1)36-23-26-47-43(30-36)44-32-38(25-28-48(44)50(47)40-19-8-3-9-20-40)35-16-12-15-34(29-35)37-24-27-46-42(31-37)41-21-10-11-22-45(41)49(46)39-17-6-2-7-18-39/h1-32H. The second kappa shape index (κ2) is 11.5. The summed E-state index contributed by atoms with van der Waals surface area (Å²) in [6.45, 7) is 0. The molecule has 2 heteroatoms. The zero-order valence-corrected chi connectivity index (χ0v) is 27.4. The third kappa shape index (κ3) is 4.57. The Morgan fingerprint density at radius 1 is 0.220 bits per heavy atom. The van der Waals surface area contributed by atoms with Gasteiger partial charge in [0, 0.05) is 32.9 Å². The molecular weight excluding hydrogens is 605 g/mol. The van der Waals surface area contributed by atoms with E-state index in [1.807, 2.05) is 0 Å². The maximum atomic E-state index is 2.39. The minimum absolute atomic E-state index is 1.17. The van der Waals surface area contributed by atoms with Gasteiger partial charge in [-0.1, -0.05) is 121 Å². The molecule has 0 amide bonds. The van der Waals surface area contributed by atoms with Crippen LogP contribution in [0.15, 0.2) is 194 Å². The van der Waals surface area contributed by atoms with Crippen molar-refractivity contribution < 1.29 is 0 Å². The molecule has 0 bridgehead atoms. The van der Waals surface area contributed by atoms with Crippen molar-refractivity contribution >= 4 is 43.6 Å². The Bertz CT molecular complexity index is 2840. The first-order valence-corrected chi connectivity index (χ1v) is 17.2. The molecule has 0 aliphatic carbocycles. The molecule has 0 aliphatic heterocycles. The van der Waals surface area contributed by atoms with Gasteiger partial charge in [0.2, 0.25) is 0 Å². The van der Waals surface area contributed by atoms with Crippen LogP contribution < -0.4 is 0 Å². The number of hydrogen-bond donors (Lipinski definition) is 0. The summed E-state index contributed by atoms with van der Waals surface area (Å²) in [6, 6.07) is 70.4. The third-order valence-electron chi connectivity index (χ3n) is 10.1. The van der Waals surface area contributed by atoms with Crippen LogP contribution in [0.3, 0.4) is 0 Å². The summed E-state index contributed by atoms with van der Waals surface area (Å²) >= 11 is 0. The first-order valence-electron chi connectivity index (χ1n) is 17.2. The smallest absolute Gasteiger partial charge is 0.0541 e. The maximum absolute atomic E-state index is 2.39. The van der Waals surface area contributed by atoms with Crippen molar-refractivity contribution in [2.45, 2.75) is 0 Å². The normalized spacial score (nSPS) is 11.6. The SMILES string of the molecule is c1ccc(-c2ccc3c(c2)c2cc(-c4cccc(-c5ccc6c(c5)c5ccccc5n6-c5ccccc5)c4)ccc2n3-c2ccccc2)cc1. The highest BCUT2D eigenvalue weighted by molar-refractivity contribution is 6.12. The quantitative estimate of drug-likeness (QED) is 0.178. The van der Waals surface area contributed by atoms with Crippen LogP contribution >= 0.6 is 0 Å². The monoisotopic (exact) mass is 636 g/mol. The molecule has 0 fully saturated rings. The van der Waals surface area contributed by atoms with E-state index >= 15 is 0 Å².